The summed E-state index contributed by atoms with van der Waals surface area (Å²) in [5.41, 5.74) is 6.61. The molecule has 19 heavy (non-hydrogen) atoms. The third-order valence-electron chi connectivity index (χ3n) is 4.51. The molecule has 3 atom stereocenters. The highest BCUT2D eigenvalue weighted by atomic mass is 16.2. The highest BCUT2D eigenvalue weighted by molar-refractivity contribution is 5.72. The van der Waals surface area contributed by atoms with Gasteiger partial charge in [-0.3, -0.25) is 4.90 Å². The molecule has 1 aliphatic carbocycles. The molecule has 3 unspecified atom stereocenters. The number of amides is 2. The third-order valence-corrected chi connectivity index (χ3v) is 4.51. The van der Waals surface area contributed by atoms with Crippen molar-refractivity contribution >= 4 is 6.03 Å². The van der Waals surface area contributed by atoms with E-state index in [2.05, 4.69) is 40.5 Å². The van der Waals surface area contributed by atoms with E-state index in [9.17, 15) is 4.79 Å². The van der Waals surface area contributed by atoms with Crippen LogP contribution < -0.4 is 11.1 Å². The second-order valence-corrected chi connectivity index (χ2v) is 5.80. The molecule has 1 aliphatic heterocycles. The van der Waals surface area contributed by atoms with Crippen LogP contribution in [-0.4, -0.2) is 30.1 Å². The minimum atomic E-state index is -0.382. The lowest BCUT2D eigenvalue weighted by molar-refractivity contribution is 0.238. The fraction of sp³-hybridized carbons (Fsp3) is 0.533. The number of primary amides is 1. The number of nitrogens with two attached hydrogens (primary N) is 1. The molecule has 4 heteroatoms. The molecule has 0 spiro atoms. The molecule has 1 aromatic carbocycles. The van der Waals surface area contributed by atoms with Crippen molar-refractivity contribution in [2.45, 2.75) is 25.4 Å². The van der Waals surface area contributed by atoms with Gasteiger partial charge in [0.25, 0.3) is 0 Å². The van der Waals surface area contributed by atoms with Crippen LogP contribution in [0.2, 0.25) is 0 Å². The van der Waals surface area contributed by atoms with Gasteiger partial charge in [0.15, 0.2) is 0 Å². The first kappa shape index (κ1) is 12.5. The number of likely N-dealkylation sites (tertiary alicyclic amines) is 1. The fourth-order valence-electron chi connectivity index (χ4n) is 3.69. The number of hydrogen-bond donors (Lipinski definition) is 2. The van der Waals surface area contributed by atoms with Crippen molar-refractivity contribution in [3.63, 3.8) is 0 Å². The van der Waals surface area contributed by atoms with Gasteiger partial charge in [-0.25, -0.2) is 4.79 Å². The lowest BCUT2D eigenvalue weighted by Crippen LogP contribution is -2.42. The Kier molecular flexibility index (Phi) is 3.42. The zero-order valence-corrected chi connectivity index (χ0v) is 11.1. The Balaban J connectivity index is 1.60. The summed E-state index contributed by atoms with van der Waals surface area (Å²) in [6, 6.07) is 10.5. The van der Waals surface area contributed by atoms with Crippen LogP contribution in [0.4, 0.5) is 4.79 Å². The van der Waals surface area contributed by atoms with Crippen molar-refractivity contribution in [2.75, 3.05) is 13.1 Å². The highest BCUT2D eigenvalue weighted by Crippen LogP contribution is 2.38. The van der Waals surface area contributed by atoms with Crippen molar-refractivity contribution in [1.82, 2.24) is 10.2 Å². The maximum atomic E-state index is 11.0. The van der Waals surface area contributed by atoms with Gasteiger partial charge in [-0.1, -0.05) is 30.3 Å². The first-order chi connectivity index (χ1) is 9.22. The Bertz CT molecular complexity index is 448. The first-order valence-corrected chi connectivity index (χ1v) is 7.04. The van der Waals surface area contributed by atoms with E-state index >= 15 is 0 Å². The lowest BCUT2D eigenvalue weighted by atomic mass is 9.98. The van der Waals surface area contributed by atoms with Gasteiger partial charge in [0.1, 0.15) is 0 Å². The van der Waals surface area contributed by atoms with E-state index in [-0.39, 0.29) is 12.1 Å². The molecule has 1 heterocycles. The van der Waals surface area contributed by atoms with Crippen molar-refractivity contribution in [3.05, 3.63) is 35.9 Å². The molecule has 0 radical (unpaired) electrons. The standard InChI is InChI=1S/C15H21N3O/c16-15(19)17-14-7-6-12-9-18(10-13(12)14)8-11-4-2-1-3-5-11/h1-5,12-14H,6-10H2,(H3,16,17,19). The molecule has 1 saturated carbocycles. The van der Waals surface area contributed by atoms with Crippen LogP contribution in [0.25, 0.3) is 0 Å². The summed E-state index contributed by atoms with van der Waals surface area (Å²) in [6.07, 6.45) is 2.29. The molecule has 102 valence electrons. The molecule has 1 saturated heterocycles. The predicted octanol–water partition coefficient (Wildman–Crippen LogP) is 1.57. The number of nitrogens with zero attached hydrogens (tertiary/aromatic N) is 1. The van der Waals surface area contributed by atoms with Crippen LogP contribution in [0.1, 0.15) is 18.4 Å². The molecule has 2 amide bonds. The van der Waals surface area contributed by atoms with Crippen LogP contribution in [0.3, 0.4) is 0 Å². The fourth-order valence-corrected chi connectivity index (χ4v) is 3.69. The maximum absolute atomic E-state index is 11.0. The second kappa shape index (κ2) is 5.21. The number of benzene rings is 1. The quantitative estimate of drug-likeness (QED) is 0.865. The topological polar surface area (TPSA) is 58.4 Å². The van der Waals surface area contributed by atoms with E-state index in [0.29, 0.717) is 5.92 Å². The zero-order chi connectivity index (χ0) is 13.2. The van der Waals surface area contributed by atoms with Gasteiger partial charge in [0, 0.05) is 25.7 Å². The van der Waals surface area contributed by atoms with E-state index in [1.54, 1.807) is 0 Å². The van der Waals surface area contributed by atoms with Crippen LogP contribution in [-0.2, 0) is 6.54 Å². The molecule has 3 rings (SSSR count). The number of urea groups is 1. The Morgan fingerprint density at radius 3 is 2.79 bits per heavy atom. The molecule has 3 N–H and O–H groups in total. The number of rotatable bonds is 3. The Labute approximate surface area is 114 Å². The van der Waals surface area contributed by atoms with Gasteiger partial charge in [-0.2, -0.15) is 0 Å². The van der Waals surface area contributed by atoms with E-state index in [4.69, 9.17) is 5.73 Å². The van der Waals surface area contributed by atoms with Gasteiger partial charge in [0.2, 0.25) is 0 Å². The normalized spacial score (nSPS) is 30.2. The predicted molar refractivity (Wildman–Crippen MR) is 74.4 cm³/mol. The number of carbonyl (C=O) groups is 1. The van der Waals surface area contributed by atoms with Gasteiger partial charge in [-0.15, -0.1) is 0 Å². The van der Waals surface area contributed by atoms with Gasteiger partial charge < -0.3 is 11.1 Å². The van der Waals surface area contributed by atoms with Crippen LogP contribution in [0.15, 0.2) is 30.3 Å². The van der Waals surface area contributed by atoms with E-state index in [0.717, 1.165) is 32.0 Å². The molecule has 0 bridgehead atoms. The first-order valence-electron chi connectivity index (χ1n) is 7.04. The van der Waals surface area contributed by atoms with Gasteiger partial charge in [-0.05, 0) is 30.2 Å². The number of carbonyl (C=O) groups excluding carboxylic acids is 1. The number of hydrogen-bond acceptors (Lipinski definition) is 2. The minimum absolute atomic E-state index is 0.281. The molecule has 1 aromatic rings. The van der Waals surface area contributed by atoms with Gasteiger partial charge >= 0.3 is 6.03 Å². The lowest BCUT2D eigenvalue weighted by Gasteiger charge is -2.21. The summed E-state index contributed by atoms with van der Waals surface area (Å²) < 4.78 is 0. The van der Waals surface area contributed by atoms with Crippen molar-refractivity contribution < 1.29 is 4.79 Å². The average molecular weight is 259 g/mol. The highest BCUT2D eigenvalue weighted by Gasteiger charge is 2.42. The molecular formula is C15H21N3O. The monoisotopic (exact) mass is 259 g/mol. The molecule has 2 fully saturated rings. The second-order valence-electron chi connectivity index (χ2n) is 5.80. The van der Waals surface area contributed by atoms with Crippen molar-refractivity contribution in [3.8, 4) is 0 Å². The SMILES string of the molecule is NC(=O)NC1CCC2CN(Cc3ccccc3)CC21. The van der Waals surface area contributed by atoms with E-state index in [1.807, 2.05) is 0 Å². The van der Waals surface area contributed by atoms with Crippen molar-refractivity contribution in [2.24, 2.45) is 17.6 Å². The summed E-state index contributed by atoms with van der Waals surface area (Å²) in [5, 5.41) is 2.91. The van der Waals surface area contributed by atoms with Crippen molar-refractivity contribution in [1.29, 1.82) is 0 Å². The zero-order valence-electron chi connectivity index (χ0n) is 11.1. The largest absolute Gasteiger partial charge is 0.352 e. The summed E-state index contributed by atoms with van der Waals surface area (Å²) in [5.74, 6) is 1.30. The van der Waals surface area contributed by atoms with Crippen LogP contribution in [0.5, 0.6) is 0 Å². The van der Waals surface area contributed by atoms with E-state index in [1.165, 1.54) is 12.0 Å². The summed E-state index contributed by atoms with van der Waals surface area (Å²) in [4.78, 5) is 13.5. The maximum Gasteiger partial charge on any atom is 0.312 e. The van der Waals surface area contributed by atoms with Crippen LogP contribution in [0, 0.1) is 11.8 Å². The summed E-state index contributed by atoms with van der Waals surface area (Å²) in [7, 11) is 0. The molecule has 0 aromatic heterocycles. The number of nitrogens with one attached hydrogen (secondary N) is 1. The smallest absolute Gasteiger partial charge is 0.312 e. The summed E-state index contributed by atoms with van der Waals surface area (Å²) >= 11 is 0. The Morgan fingerprint density at radius 1 is 1.26 bits per heavy atom. The van der Waals surface area contributed by atoms with E-state index < -0.39 is 0 Å². The minimum Gasteiger partial charge on any atom is -0.352 e. The third kappa shape index (κ3) is 2.73. The average Bonchev–Trinajstić information content (AvgIpc) is 2.92. The Morgan fingerprint density at radius 2 is 2.05 bits per heavy atom. The molecule has 4 nitrogen and oxygen atoms in total. The molecular weight excluding hydrogens is 238 g/mol. The molecule has 2 aliphatic rings. The Hall–Kier alpha value is -1.55. The van der Waals surface area contributed by atoms with Gasteiger partial charge in [0.05, 0.1) is 0 Å². The van der Waals surface area contributed by atoms with Crippen LogP contribution >= 0.6 is 0 Å². The summed E-state index contributed by atoms with van der Waals surface area (Å²) in [6.45, 7) is 3.23. The number of fused-ring (bicyclic) bond motifs is 1.